The monoisotopic (exact) mass is 1090 g/mol. The van der Waals surface area contributed by atoms with Crippen molar-refractivity contribution in [2.75, 3.05) is 26.2 Å². The Hall–Kier alpha value is -7.58. The molecule has 0 spiro atoms. The Bertz CT molecular complexity index is 3470. The van der Waals surface area contributed by atoms with Crippen molar-refractivity contribution in [3.8, 4) is 28.2 Å². The van der Waals surface area contributed by atoms with Crippen molar-refractivity contribution in [1.82, 2.24) is 58.0 Å². The minimum Gasteiger partial charge on any atom is -0.360 e. The van der Waals surface area contributed by atoms with Crippen molar-refractivity contribution in [1.29, 1.82) is 0 Å². The van der Waals surface area contributed by atoms with Crippen LogP contribution in [0.4, 0.5) is 43.9 Å². The van der Waals surface area contributed by atoms with E-state index in [1.54, 1.807) is 18.1 Å². The number of aromatic amines is 1. The van der Waals surface area contributed by atoms with Gasteiger partial charge in [-0.3, -0.25) is 33.1 Å². The molecule has 0 radical (unpaired) electrons. The molecule has 2 aliphatic rings. The number of hydrogen-bond acceptors (Lipinski definition) is 8. The fraction of sp³-hybridized carbons (Fsp3) is 0.304. The Labute approximate surface area is 413 Å². The number of aryl methyl sites for hydroxylation is 2. The van der Waals surface area contributed by atoms with Crippen molar-refractivity contribution in [2.24, 2.45) is 14.1 Å². The molecule has 27 heteroatoms. The predicted molar refractivity (Wildman–Crippen MR) is 246 cm³/mol. The highest BCUT2D eigenvalue weighted by molar-refractivity contribution is 9.10. The van der Waals surface area contributed by atoms with E-state index in [0.29, 0.717) is 34.5 Å². The van der Waals surface area contributed by atoms with Gasteiger partial charge in [0.15, 0.2) is 0 Å². The molecule has 0 aliphatic carbocycles. The number of hydrogen-bond donors (Lipinski definition) is 1. The number of benzene rings is 2. The van der Waals surface area contributed by atoms with E-state index in [-0.39, 0.29) is 96.6 Å². The molecule has 2 unspecified atom stereocenters. The molecule has 1 N–H and O–H groups in total. The first kappa shape index (κ1) is 51.8. The number of nitrogens with zero attached hydrogens (tertiary/aromatic N) is 11. The molecular formula is C46H39BrF10N12O4. The third-order valence-electron chi connectivity index (χ3n) is 11.9. The van der Waals surface area contributed by atoms with Gasteiger partial charge in [-0.25, -0.2) is 22.5 Å². The summed E-state index contributed by atoms with van der Waals surface area (Å²) in [4.78, 5) is 64.8. The first-order valence-electron chi connectivity index (χ1n) is 21.9. The number of fused-ring (bicyclic) bond motifs is 2. The molecule has 2 amide bonds. The number of rotatable bonds is 7. The van der Waals surface area contributed by atoms with Gasteiger partial charge < -0.3 is 23.9 Å². The second kappa shape index (κ2) is 20.5. The number of pyridine rings is 2. The molecular weight excluding hydrogens is 1050 g/mol. The molecule has 8 aromatic rings. The number of nitrogens with one attached hydrogen (secondary N) is 1. The van der Waals surface area contributed by atoms with E-state index >= 15 is 0 Å². The highest BCUT2D eigenvalue weighted by atomic mass is 79.9. The summed E-state index contributed by atoms with van der Waals surface area (Å²) in [5, 5.41) is 8.11. The summed E-state index contributed by atoms with van der Waals surface area (Å²) in [6, 6.07) is 7.99. The molecule has 8 heterocycles. The zero-order valence-corrected chi connectivity index (χ0v) is 39.7. The highest BCUT2D eigenvalue weighted by Crippen LogP contribution is 2.38. The van der Waals surface area contributed by atoms with Gasteiger partial charge in [-0.2, -0.15) is 31.3 Å². The fourth-order valence-electron chi connectivity index (χ4n) is 8.27. The minimum absolute atomic E-state index is 0.00211. The number of H-pyrrole nitrogens is 1. The van der Waals surface area contributed by atoms with Gasteiger partial charge >= 0.3 is 12.4 Å². The van der Waals surface area contributed by atoms with Crippen LogP contribution < -0.4 is 11.1 Å². The Morgan fingerprint density at radius 2 is 1.21 bits per heavy atom. The van der Waals surface area contributed by atoms with Crippen LogP contribution in [0, 0.1) is 11.6 Å². The zero-order valence-electron chi connectivity index (χ0n) is 38.1. The average Bonchev–Trinajstić information content (AvgIpc) is 4.21. The number of halogens is 11. The summed E-state index contributed by atoms with van der Waals surface area (Å²) in [5.74, 6) is -3.57. The van der Waals surface area contributed by atoms with Crippen molar-refractivity contribution in [3.63, 3.8) is 0 Å². The van der Waals surface area contributed by atoms with Crippen LogP contribution in [-0.2, 0) is 49.1 Å². The Balaban J connectivity index is 0.000000174. The predicted octanol–water partition coefficient (Wildman–Crippen LogP) is 7.62. The molecule has 2 aromatic carbocycles. The average molecular weight is 1090 g/mol. The second-order valence-electron chi connectivity index (χ2n) is 16.9. The molecule has 73 heavy (non-hydrogen) atoms. The maximum atomic E-state index is 13.9. The molecule has 2 fully saturated rings. The molecule has 6 aromatic heterocycles. The van der Waals surface area contributed by atoms with E-state index < -0.39 is 70.4 Å². The molecule has 0 saturated carbocycles. The number of alkyl halides is 8. The number of likely N-dealkylation sites (tertiary alicyclic amines) is 2. The summed E-state index contributed by atoms with van der Waals surface area (Å²) >= 11 is 3.09. The molecule has 2 aliphatic heterocycles. The standard InChI is InChI=1S/C23H19F5N6O2.C20H16F5N3O2.C3H4BrN3/c1-31-12-29-22(30-31)34-10-15(13-2-3-17(25)16(8-13)23(26,27)28)20-18(34)5-7-33(21(20)36)11-19(35)32-6-4-14(24)9-32;21-12-3-5-27(9-12)17(29)10-28-6-4-16-18(19(28)30)13(8-26-16)11-1-2-15(22)14(7-11)20(23,24)25;1-7-2-5-3(4)6-7/h2-3,5,7-8,10,12,14H,4,6,9,11H2,1H3;1-2,4,6-8,12,26H,3,5,9-10H2;2H,1H3. The molecule has 10 rings (SSSR count). The van der Waals surface area contributed by atoms with Gasteiger partial charge in [-0.15, -0.1) is 10.2 Å². The number of carbonyl (C=O) groups excluding carboxylic acids is 2. The van der Waals surface area contributed by atoms with E-state index in [0.717, 1.165) is 21.3 Å². The molecule has 384 valence electrons. The van der Waals surface area contributed by atoms with Gasteiger partial charge in [0.25, 0.3) is 17.1 Å². The van der Waals surface area contributed by atoms with Crippen molar-refractivity contribution in [3.05, 3.63) is 134 Å². The van der Waals surface area contributed by atoms with Gasteiger partial charge in [0.2, 0.25) is 16.5 Å². The van der Waals surface area contributed by atoms with Crippen molar-refractivity contribution >= 4 is 49.6 Å². The van der Waals surface area contributed by atoms with Crippen molar-refractivity contribution in [2.45, 2.75) is 50.6 Å². The summed E-state index contributed by atoms with van der Waals surface area (Å²) in [6.45, 7) is -0.268. The lowest BCUT2D eigenvalue weighted by molar-refractivity contribution is -0.140. The van der Waals surface area contributed by atoms with Crippen LogP contribution in [0.25, 0.3) is 50.0 Å². The third kappa shape index (κ3) is 11.2. The summed E-state index contributed by atoms with van der Waals surface area (Å²) in [7, 11) is 3.44. The first-order valence-corrected chi connectivity index (χ1v) is 22.7. The third-order valence-corrected chi connectivity index (χ3v) is 12.2. The van der Waals surface area contributed by atoms with Crippen LogP contribution in [0.15, 0.2) is 100 Å². The molecule has 2 atom stereocenters. The van der Waals surface area contributed by atoms with E-state index in [2.05, 4.69) is 41.1 Å². The van der Waals surface area contributed by atoms with E-state index in [1.807, 2.05) is 7.05 Å². The van der Waals surface area contributed by atoms with Crippen LogP contribution >= 0.6 is 15.9 Å². The Morgan fingerprint density at radius 3 is 1.66 bits per heavy atom. The first-order chi connectivity index (χ1) is 34.5. The largest absolute Gasteiger partial charge is 0.419 e. The quantitative estimate of drug-likeness (QED) is 0.159. The van der Waals surface area contributed by atoms with Gasteiger partial charge in [-0.05, 0) is 76.3 Å². The van der Waals surface area contributed by atoms with Gasteiger partial charge in [0, 0.05) is 63.1 Å². The Kier molecular flexibility index (Phi) is 14.5. The van der Waals surface area contributed by atoms with Gasteiger partial charge in [-0.1, -0.05) is 12.1 Å². The van der Waals surface area contributed by atoms with E-state index in [1.165, 1.54) is 62.3 Å². The molecule has 2 saturated heterocycles. The lowest BCUT2D eigenvalue weighted by Gasteiger charge is -2.16. The van der Waals surface area contributed by atoms with Crippen LogP contribution in [0.5, 0.6) is 0 Å². The maximum absolute atomic E-state index is 13.9. The van der Waals surface area contributed by atoms with Crippen LogP contribution in [0.1, 0.15) is 24.0 Å². The topological polar surface area (TPSA) is 167 Å². The number of amides is 2. The smallest absolute Gasteiger partial charge is 0.360 e. The summed E-state index contributed by atoms with van der Waals surface area (Å²) in [6.07, 6.45) is -3.03. The van der Waals surface area contributed by atoms with E-state index in [9.17, 15) is 63.1 Å². The number of aromatic nitrogens is 10. The molecule has 0 bridgehead atoms. The maximum Gasteiger partial charge on any atom is 0.419 e. The van der Waals surface area contributed by atoms with Crippen LogP contribution in [0.2, 0.25) is 0 Å². The lowest BCUT2D eigenvalue weighted by atomic mass is 10.0. The highest BCUT2D eigenvalue weighted by Gasteiger charge is 2.36. The van der Waals surface area contributed by atoms with E-state index in [4.69, 9.17) is 0 Å². The Morgan fingerprint density at radius 1 is 0.699 bits per heavy atom. The lowest BCUT2D eigenvalue weighted by Crippen LogP contribution is -2.35. The minimum atomic E-state index is -4.95. The SMILES string of the molecule is Cn1cnc(-n2cc(-c3ccc(F)c(C(F)(F)F)c3)c3c(=O)n(CC(=O)N4CCC(F)C4)ccc32)n1.Cn1cnc(Br)n1.O=C(Cn1ccc2[nH]cc(-c3ccc(F)c(C(F)(F)F)c3)c2c1=O)N1CCC(F)C1. The summed E-state index contributed by atoms with van der Waals surface area (Å²) < 4.78 is 141. The normalized spacial score (nSPS) is 16.0. The fourth-order valence-corrected chi connectivity index (χ4v) is 8.61. The van der Waals surface area contributed by atoms with Crippen molar-refractivity contribution < 1.29 is 53.5 Å². The molecule has 16 nitrogen and oxygen atoms in total. The summed E-state index contributed by atoms with van der Waals surface area (Å²) in [5.41, 5.74) is -3.30. The van der Waals surface area contributed by atoms with Gasteiger partial charge in [0.05, 0.1) is 46.0 Å². The van der Waals surface area contributed by atoms with Gasteiger partial charge in [0.1, 0.15) is 49.7 Å². The second-order valence-corrected chi connectivity index (χ2v) is 17.6. The van der Waals surface area contributed by atoms with Crippen LogP contribution in [0.3, 0.4) is 0 Å². The zero-order chi connectivity index (χ0) is 52.7. The van der Waals surface area contributed by atoms with Crippen LogP contribution in [-0.4, -0.2) is 108 Å². The number of carbonyl (C=O) groups is 2.